The van der Waals surface area contributed by atoms with Crippen LogP contribution in [0.2, 0.25) is 20.1 Å². The van der Waals surface area contributed by atoms with E-state index >= 15 is 0 Å². The molecule has 2 atom stereocenters. The van der Waals surface area contributed by atoms with E-state index in [4.69, 9.17) is 46.4 Å². The molecule has 12 heteroatoms. The van der Waals surface area contributed by atoms with Crippen LogP contribution in [0.25, 0.3) is 0 Å². The molecule has 0 saturated carbocycles. The maximum absolute atomic E-state index is 13.8. The molecule has 2 N–H and O–H groups in total. The lowest BCUT2D eigenvalue weighted by Crippen LogP contribution is -2.35. The first-order valence-electron chi connectivity index (χ1n) is 9.17. The zero-order chi connectivity index (χ0) is 23.2. The van der Waals surface area contributed by atoms with Gasteiger partial charge in [-0.05, 0) is 35.9 Å². The Labute approximate surface area is 200 Å². The number of hydrogen-bond donors (Lipinski definition) is 2. The highest BCUT2D eigenvalue weighted by Crippen LogP contribution is 2.44. The molecule has 3 aromatic rings. The number of nitrogens with zero attached hydrogens (tertiary/aromatic N) is 2. The SMILES string of the molecule is O=C(Nc1ccc(Cl)c(Cl)c1)c1cc2n(n1)[C@H](C(F)(F)F)C[C@@H](c1ccc(Cl)c(Cl)c1)N2. The van der Waals surface area contributed by atoms with Crippen LogP contribution in [0.5, 0.6) is 0 Å². The Kier molecular flexibility index (Phi) is 6.24. The van der Waals surface area contributed by atoms with Crippen molar-refractivity contribution in [2.24, 2.45) is 0 Å². The molecule has 0 spiro atoms. The van der Waals surface area contributed by atoms with Crippen LogP contribution in [0.1, 0.15) is 34.6 Å². The largest absolute Gasteiger partial charge is 0.410 e. The zero-order valence-corrected chi connectivity index (χ0v) is 18.9. The van der Waals surface area contributed by atoms with Crippen molar-refractivity contribution in [1.82, 2.24) is 9.78 Å². The summed E-state index contributed by atoms with van der Waals surface area (Å²) in [5, 5.41) is 10.5. The Morgan fingerprint density at radius 3 is 2.28 bits per heavy atom. The fraction of sp³-hybridized carbons (Fsp3) is 0.200. The first-order chi connectivity index (χ1) is 15.0. The van der Waals surface area contributed by atoms with Gasteiger partial charge in [0, 0.05) is 18.2 Å². The highest BCUT2D eigenvalue weighted by Gasteiger charge is 2.46. The van der Waals surface area contributed by atoms with E-state index in [9.17, 15) is 18.0 Å². The summed E-state index contributed by atoms with van der Waals surface area (Å²) >= 11 is 23.7. The minimum Gasteiger partial charge on any atom is -0.363 e. The molecule has 2 heterocycles. The summed E-state index contributed by atoms with van der Waals surface area (Å²) in [6.45, 7) is 0. The lowest BCUT2D eigenvalue weighted by Gasteiger charge is -2.33. The molecule has 1 aliphatic heterocycles. The number of carbonyl (C=O) groups excluding carboxylic acids is 1. The van der Waals surface area contributed by atoms with Gasteiger partial charge in [0.15, 0.2) is 11.7 Å². The zero-order valence-electron chi connectivity index (χ0n) is 15.9. The van der Waals surface area contributed by atoms with Crippen LogP contribution in [-0.4, -0.2) is 21.9 Å². The number of nitrogens with one attached hydrogen (secondary N) is 2. The number of rotatable bonds is 3. The summed E-state index contributed by atoms with van der Waals surface area (Å²) < 4.78 is 42.3. The fourth-order valence-electron chi connectivity index (χ4n) is 3.40. The van der Waals surface area contributed by atoms with Crippen LogP contribution in [0.4, 0.5) is 24.7 Å². The monoisotopic (exact) mass is 522 g/mol. The van der Waals surface area contributed by atoms with Crippen molar-refractivity contribution in [3.8, 4) is 0 Å². The molecule has 5 nitrogen and oxygen atoms in total. The van der Waals surface area contributed by atoms with Gasteiger partial charge in [-0.1, -0.05) is 52.5 Å². The van der Waals surface area contributed by atoms with E-state index in [1.165, 1.54) is 36.4 Å². The summed E-state index contributed by atoms with van der Waals surface area (Å²) in [6, 6.07) is 7.66. The lowest BCUT2D eigenvalue weighted by atomic mass is 9.97. The van der Waals surface area contributed by atoms with Crippen LogP contribution >= 0.6 is 46.4 Å². The Morgan fingerprint density at radius 2 is 1.66 bits per heavy atom. The van der Waals surface area contributed by atoms with Gasteiger partial charge in [0.05, 0.1) is 26.1 Å². The van der Waals surface area contributed by atoms with E-state index in [-0.39, 0.29) is 28.0 Å². The smallest absolute Gasteiger partial charge is 0.363 e. The van der Waals surface area contributed by atoms with Crippen LogP contribution in [0.3, 0.4) is 0 Å². The molecule has 1 aromatic heterocycles. The molecule has 32 heavy (non-hydrogen) atoms. The number of benzene rings is 2. The third-order valence-electron chi connectivity index (χ3n) is 4.95. The Hall–Kier alpha value is -2.13. The van der Waals surface area contributed by atoms with Gasteiger partial charge < -0.3 is 10.6 Å². The van der Waals surface area contributed by atoms with Gasteiger partial charge in [0.25, 0.3) is 5.91 Å². The summed E-state index contributed by atoms with van der Waals surface area (Å²) in [5.41, 5.74) is 0.662. The van der Waals surface area contributed by atoms with Crippen LogP contribution in [0, 0.1) is 0 Å². The molecule has 2 aromatic carbocycles. The summed E-state index contributed by atoms with van der Waals surface area (Å²) in [6.07, 6.45) is -4.93. The van der Waals surface area contributed by atoms with Gasteiger partial charge in [-0.3, -0.25) is 4.79 Å². The molecule has 1 amide bonds. The van der Waals surface area contributed by atoms with Crippen molar-refractivity contribution in [2.45, 2.75) is 24.7 Å². The van der Waals surface area contributed by atoms with Gasteiger partial charge in [-0.25, -0.2) is 4.68 Å². The predicted octanol–water partition coefficient (Wildman–Crippen LogP) is 7.41. The third kappa shape index (κ3) is 4.64. The van der Waals surface area contributed by atoms with Crippen LogP contribution in [-0.2, 0) is 0 Å². The number of anilines is 2. The average Bonchev–Trinajstić information content (AvgIpc) is 3.15. The van der Waals surface area contributed by atoms with Crippen molar-refractivity contribution < 1.29 is 18.0 Å². The number of fused-ring (bicyclic) bond motifs is 1. The van der Waals surface area contributed by atoms with Gasteiger partial charge >= 0.3 is 6.18 Å². The molecule has 0 radical (unpaired) electrons. The third-order valence-corrected chi connectivity index (χ3v) is 6.42. The van der Waals surface area contributed by atoms with Gasteiger partial charge in [0.2, 0.25) is 0 Å². The minimum atomic E-state index is -4.59. The maximum atomic E-state index is 13.8. The highest BCUT2D eigenvalue weighted by molar-refractivity contribution is 6.42. The molecule has 168 valence electrons. The predicted molar refractivity (Wildman–Crippen MR) is 119 cm³/mol. The second-order valence-corrected chi connectivity index (χ2v) is 8.73. The number of carbonyl (C=O) groups is 1. The first kappa shape index (κ1) is 23.0. The topological polar surface area (TPSA) is 59.0 Å². The van der Waals surface area contributed by atoms with Gasteiger partial charge in [0.1, 0.15) is 5.82 Å². The van der Waals surface area contributed by atoms with Gasteiger partial charge in [-0.15, -0.1) is 0 Å². The Morgan fingerprint density at radius 1 is 1.00 bits per heavy atom. The molecular formula is C20H13Cl4F3N4O. The van der Waals surface area contributed by atoms with E-state index in [0.29, 0.717) is 21.3 Å². The number of aromatic nitrogens is 2. The number of alkyl halides is 3. The van der Waals surface area contributed by atoms with Crippen molar-refractivity contribution in [2.75, 3.05) is 10.6 Å². The van der Waals surface area contributed by atoms with E-state index < -0.39 is 24.2 Å². The van der Waals surface area contributed by atoms with Crippen LogP contribution in [0.15, 0.2) is 42.5 Å². The molecule has 4 rings (SSSR count). The molecule has 0 saturated heterocycles. The van der Waals surface area contributed by atoms with E-state index in [0.717, 1.165) is 4.68 Å². The molecule has 0 fully saturated rings. The summed E-state index contributed by atoms with van der Waals surface area (Å²) in [5.74, 6) is -0.645. The first-order valence-corrected chi connectivity index (χ1v) is 10.7. The standard InChI is InChI=1S/C20H13Cl4F3N4O/c21-11-3-1-9(5-13(11)23)15-7-17(20(25,26)27)31-18(29-15)8-16(30-31)19(32)28-10-2-4-12(22)14(24)6-10/h1-6,8,15,17,29H,7H2,(H,28,32)/t15-,17-/m0/s1. The van der Waals surface area contributed by atoms with Crippen molar-refractivity contribution in [3.05, 3.63) is 73.8 Å². The fourth-order valence-corrected chi connectivity index (χ4v) is 4.01. The van der Waals surface area contributed by atoms with Gasteiger partial charge in [-0.2, -0.15) is 18.3 Å². The van der Waals surface area contributed by atoms with Crippen molar-refractivity contribution >= 4 is 63.8 Å². The quantitative estimate of drug-likeness (QED) is 0.375. The van der Waals surface area contributed by atoms with E-state index in [1.54, 1.807) is 6.07 Å². The van der Waals surface area contributed by atoms with E-state index in [2.05, 4.69) is 15.7 Å². The Balaban J connectivity index is 1.64. The summed E-state index contributed by atoms with van der Waals surface area (Å²) in [4.78, 5) is 12.6. The second kappa shape index (κ2) is 8.67. The number of halogens is 7. The molecule has 0 aliphatic carbocycles. The van der Waals surface area contributed by atoms with Crippen LogP contribution < -0.4 is 10.6 Å². The average molecular weight is 524 g/mol. The second-order valence-electron chi connectivity index (χ2n) is 7.11. The molecule has 0 bridgehead atoms. The molecule has 1 aliphatic rings. The maximum Gasteiger partial charge on any atom is 0.410 e. The van der Waals surface area contributed by atoms with E-state index in [1.807, 2.05) is 0 Å². The van der Waals surface area contributed by atoms with Crippen molar-refractivity contribution in [3.63, 3.8) is 0 Å². The molecule has 0 unspecified atom stereocenters. The lowest BCUT2D eigenvalue weighted by molar-refractivity contribution is -0.173. The minimum absolute atomic E-state index is 0.0499. The number of amides is 1. The Bertz CT molecular complexity index is 1200. The molecular weight excluding hydrogens is 511 g/mol. The number of hydrogen-bond acceptors (Lipinski definition) is 3. The highest BCUT2D eigenvalue weighted by atomic mass is 35.5. The normalized spacial score (nSPS) is 18.1. The van der Waals surface area contributed by atoms with Crippen molar-refractivity contribution in [1.29, 1.82) is 0 Å². The summed E-state index contributed by atoms with van der Waals surface area (Å²) in [7, 11) is 0.